The Bertz CT molecular complexity index is 384. The van der Waals surface area contributed by atoms with E-state index in [1.54, 1.807) is 0 Å². The molecule has 3 aliphatic rings. The van der Waals surface area contributed by atoms with Gasteiger partial charge in [-0.15, -0.1) is 0 Å². The lowest BCUT2D eigenvalue weighted by atomic mass is 10.0. The predicted octanol–water partition coefficient (Wildman–Crippen LogP) is -0.118. The highest BCUT2D eigenvalue weighted by Crippen LogP contribution is 2.29. The van der Waals surface area contributed by atoms with Gasteiger partial charge in [-0.3, -0.25) is 9.59 Å². The highest BCUT2D eigenvalue weighted by Gasteiger charge is 2.32. The van der Waals surface area contributed by atoms with E-state index in [1.807, 2.05) is 4.90 Å². The van der Waals surface area contributed by atoms with Crippen LogP contribution in [0.3, 0.4) is 0 Å². The molecule has 3 fully saturated rings. The molecular weight excluding hydrogens is 270 g/mol. The molecule has 1 atom stereocenters. The fourth-order valence-corrected chi connectivity index (χ4v) is 3.03. The molecule has 2 amide bonds. The standard InChI is InChI=1S/C15H25N3O3/c19-14(9-13-10-21-8-5-16-13)18-6-3-12(4-7-18)17-15(20)11-1-2-11/h11-13,16H,1-10H2,(H,17,20). The lowest BCUT2D eigenvalue weighted by Crippen LogP contribution is -2.49. The van der Waals surface area contributed by atoms with Crippen LogP contribution in [-0.4, -0.2) is 61.6 Å². The number of hydrogen-bond donors (Lipinski definition) is 2. The first-order valence-electron chi connectivity index (χ1n) is 8.11. The number of amides is 2. The number of nitrogens with one attached hydrogen (secondary N) is 2. The maximum atomic E-state index is 12.3. The molecule has 3 rings (SSSR count). The minimum atomic E-state index is 0.151. The monoisotopic (exact) mass is 295 g/mol. The van der Waals surface area contributed by atoms with Crippen molar-refractivity contribution < 1.29 is 14.3 Å². The number of ether oxygens (including phenoxy) is 1. The molecule has 0 radical (unpaired) electrons. The molecule has 0 spiro atoms. The largest absolute Gasteiger partial charge is 0.378 e. The summed E-state index contributed by atoms with van der Waals surface area (Å²) in [5.74, 6) is 0.676. The van der Waals surface area contributed by atoms with Crippen molar-refractivity contribution in [2.75, 3.05) is 32.8 Å². The maximum absolute atomic E-state index is 12.3. The molecule has 0 aromatic heterocycles. The zero-order valence-electron chi connectivity index (χ0n) is 12.5. The summed E-state index contributed by atoms with van der Waals surface area (Å²) in [7, 11) is 0. The molecule has 2 N–H and O–H groups in total. The maximum Gasteiger partial charge on any atom is 0.224 e. The molecule has 118 valence electrons. The molecule has 2 saturated heterocycles. The van der Waals surface area contributed by atoms with Crippen LogP contribution < -0.4 is 10.6 Å². The van der Waals surface area contributed by atoms with Crippen LogP contribution in [0.15, 0.2) is 0 Å². The Morgan fingerprint density at radius 3 is 2.57 bits per heavy atom. The Labute approximate surface area is 125 Å². The van der Waals surface area contributed by atoms with Crippen molar-refractivity contribution in [2.45, 2.75) is 44.2 Å². The van der Waals surface area contributed by atoms with Crippen molar-refractivity contribution in [1.29, 1.82) is 0 Å². The molecule has 2 heterocycles. The second-order valence-corrected chi connectivity index (χ2v) is 6.37. The summed E-state index contributed by atoms with van der Waals surface area (Å²) in [4.78, 5) is 25.9. The molecule has 2 aliphatic heterocycles. The van der Waals surface area contributed by atoms with Gasteiger partial charge in [0.25, 0.3) is 0 Å². The minimum Gasteiger partial charge on any atom is -0.378 e. The first kappa shape index (κ1) is 14.8. The van der Waals surface area contributed by atoms with Gasteiger partial charge in [0.15, 0.2) is 0 Å². The van der Waals surface area contributed by atoms with Crippen LogP contribution in [0.1, 0.15) is 32.1 Å². The van der Waals surface area contributed by atoms with E-state index in [4.69, 9.17) is 4.74 Å². The Kier molecular flexibility index (Phi) is 4.75. The summed E-state index contributed by atoms with van der Waals surface area (Å²) in [6.45, 7) is 3.69. The highest BCUT2D eigenvalue weighted by molar-refractivity contribution is 5.81. The summed E-state index contributed by atoms with van der Waals surface area (Å²) in [5, 5.41) is 6.43. The topological polar surface area (TPSA) is 70.7 Å². The first-order chi connectivity index (χ1) is 10.2. The van der Waals surface area contributed by atoms with Crippen LogP contribution in [0, 0.1) is 5.92 Å². The molecule has 0 aromatic rings. The second kappa shape index (κ2) is 6.75. The molecular formula is C15H25N3O3. The first-order valence-corrected chi connectivity index (χ1v) is 8.11. The average Bonchev–Trinajstić information content (AvgIpc) is 3.33. The number of hydrogen-bond acceptors (Lipinski definition) is 4. The van der Waals surface area contributed by atoms with Crippen LogP contribution in [0.5, 0.6) is 0 Å². The number of piperidine rings is 1. The molecule has 1 aliphatic carbocycles. The summed E-state index contributed by atoms with van der Waals surface area (Å²) < 4.78 is 5.38. The quantitative estimate of drug-likeness (QED) is 0.759. The van der Waals surface area contributed by atoms with Crippen LogP contribution in [-0.2, 0) is 14.3 Å². The van der Waals surface area contributed by atoms with Gasteiger partial charge in [0.1, 0.15) is 0 Å². The van der Waals surface area contributed by atoms with Crippen molar-refractivity contribution in [3.05, 3.63) is 0 Å². The van der Waals surface area contributed by atoms with Crippen LogP contribution >= 0.6 is 0 Å². The van der Waals surface area contributed by atoms with E-state index >= 15 is 0 Å². The summed E-state index contributed by atoms with van der Waals surface area (Å²) >= 11 is 0. The molecule has 1 unspecified atom stereocenters. The van der Waals surface area contributed by atoms with E-state index in [2.05, 4.69) is 10.6 Å². The van der Waals surface area contributed by atoms with Crippen molar-refractivity contribution in [3.8, 4) is 0 Å². The number of nitrogens with zero attached hydrogens (tertiary/aromatic N) is 1. The van der Waals surface area contributed by atoms with Gasteiger partial charge in [0, 0.05) is 44.1 Å². The fourth-order valence-electron chi connectivity index (χ4n) is 3.03. The summed E-state index contributed by atoms with van der Waals surface area (Å²) in [6.07, 6.45) is 4.34. The van der Waals surface area contributed by atoms with Gasteiger partial charge in [-0.2, -0.15) is 0 Å². The van der Waals surface area contributed by atoms with Gasteiger partial charge in [-0.1, -0.05) is 0 Å². The summed E-state index contributed by atoms with van der Waals surface area (Å²) in [5.41, 5.74) is 0. The Morgan fingerprint density at radius 2 is 1.95 bits per heavy atom. The zero-order chi connectivity index (χ0) is 14.7. The third-order valence-corrected chi connectivity index (χ3v) is 4.56. The van der Waals surface area contributed by atoms with E-state index in [9.17, 15) is 9.59 Å². The number of likely N-dealkylation sites (tertiary alicyclic amines) is 1. The van der Waals surface area contributed by atoms with E-state index in [0.29, 0.717) is 13.0 Å². The molecule has 6 nitrogen and oxygen atoms in total. The smallest absolute Gasteiger partial charge is 0.224 e. The SMILES string of the molecule is O=C(NC1CCN(C(=O)CC2COCCN2)CC1)C1CC1. The van der Waals surface area contributed by atoms with E-state index < -0.39 is 0 Å². The van der Waals surface area contributed by atoms with Crippen LogP contribution in [0.4, 0.5) is 0 Å². The zero-order valence-corrected chi connectivity index (χ0v) is 12.5. The second-order valence-electron chi connectivity index (χ2n) is 6.37. The molecule has 21 heavy (non-hydrogen) atoms. The number of rotatable bonds is 4. The lowest BCUT2D eigenvalue weighted by Gasteiger charge is -2.34. The lowest BCUT2D eigenvalue weighted by molar-refractivity contribution is -0.133. The van der Waals surface area contributed by atoms with Crippen LogP contribution in [0.25, 0.3) is 0 Å². The summed E-state index contributed by atoms with van der Waals surface area (Å²) in [6, 6.07) is 0.400. The van der Waals surface area contributed by atoms with Gasteiger partial charge in [-0.05, 0) is 25.7 Å². The molecule has 1 saturated carbocycles. The highest BCUT2D eigenvalue weighted by atomic mass is 16.5. The minimum absolute atomic E-state index is 0.151. The van der Waals surface area contributed by atoms with E-state index in [-0.39, 0.29) is 29.8 Å². The van der Waals surface area contributed by atoms with Gasteiger partial charge in [-0.25, -0.2) is 0 Å². The Hall–Kier alpha value is -1.14. The number of morpholine rings is 1. The van der Waals surface area contributed by atoms with Crippen molar-refractivity contribution in [2.24, 2.45) is 5.92 Å². The van der Waals surface area contributed by atoms with E-state index in [1.165, 1.54) is 0 Å². The normalized spacial score (nSPS) is 27.4. The predicted molar refractivity (Wildman–Crippen MR) is 77.7 cm³/mol. The molecule has 0 bridgehead atoms. The van der Waals surface area contributed by atoms with Crippen molar-refractivity contribution >= 4 is 11.8 Å². The van der Waals surface area contributed by atoms with Crippen molar-refractivity contribution in [1.82, 2.24) is 15.5 Å². The van der Waals surface area contributed by atoms with Gasteiger partial charge in [0.2, 0.25) is 11.8 Å². The molecule has 0 aromatic carbocycles. The van der Waals surface area contributed by atoms with Crippen molar-refractivity contribution in [3.63, 3.8) is 0 Å². The van der Waals surface area contributed by atoms with Gasteiger partial charge in [0.05, 0.1) is 13.2 Å². The third kappa shape index (κ3) is 4.17. The third-order valence-electron chi connectivity index (χ3n) is 4.56. The Morgan fingerprint density at radius 1 is 1.19 bits per heavy atom. The van der Waals surface area contributed by atoms with E-state index in [0.717, 1.165) is 51.9 Å². The number of carbonyl (C=O) groups is 2. The van der Waals surface area contributed by atoms with Gasteiger partial charge < -0.3 is 20.3 Å². The van der Waals surface area contributed by atoms with Crippen LogP contribution in [0.2, 0.25) is 0 Å². The van der Waals surface area contributed by atoms with Gasteiger partial charge >= 0.3 is 0 Å². The fraction of sp³-hybridized carbons (Fsp3) is 0.867. The number of carbonyl (C=O) groups excluding carboxylic acids is 2. The average molecular weight is 295 g/mol. The molecule has 6 heteroatoms. The Balaban J connectivity index is 1.37.